The monoisotopic (exact) mass is 399 g/mol. The van der Waals surface area contributed by atoms with Crippen LogP contribution in [0.15, 0.2) is 48.5 Å². The van der Waals surface area contributed by atoms with E-state index in [4.69, 9.17) is 25.8 Å². The molecule has 0 atom stereocenters. The van der Waals surface area contributed by atoms with E-state index >= 15 is 0 Å². The summed E-state index contributed by atoms with van der Waals surface area (Å²) in [5, 5.41) is 1.23. The largest absolute Gasteiger partial charge is 0.480 e. The van der Waals surface area contributed by atoms with Gasteiger partial charge < -0.3 is 14.2 Å². The molecule has 6 nitrogen and oxygen atoms in total. The Hall–Kier alpha value is -3.12. The van der Waals surface area contributed by atoms with Gasteiger partial charge in [-0.1, -0.05) is 41.9 Å². The van der Waals surface area contributed by atoms with E-state index in [2.05, 4.69) is 4.98 Å². The molecule has 1 heterocycles. The van der Waals surface area contributed by atoms with Crippen molar-refractivity contribution in [2.75, 3.05) is 13.7 Å². The van der Waals surface area contributed by atoms with Crippen molar-refractivity contribution in [3.05, 3.63) is 70.4 Å². The van der Waals surface area contributed by atoms with Crippen LogP contribution >= 0.6 is 11.6 Å². The van der Waals surface area contributed by atoms with Crippen LogP contribution in [-0.4, -0.2) is 30.6 Å². The van der Waals surface area contributed by atoms with Crippen LogP contribution in [0.5, 0.6) is 5.75 Å². The van der Waals surface area contributed by atoms with Gasteiger partial charge in [0.15, 0.2) is 6.61 Å². The van der Waals surface area contributed by atoms with Gasteiger partial charge in [-0.05, 0) is 30.7 Å². The highest BCUT2D eigenvalue weighted by molar-refractivity contribution is 6.32. The Balaban J connectivity index is 1.77. The zero-order valence-electron chi connectivity index (χ0n) is 15.4. The van der Waals surface area contributed by atoms with Gasteiger partial charge in [-0.25, -0.2) is 14.6 Å². The number of methoxy groups -OCH3 is 1. The third kappa shape index (κ3) is 4.23. The highest BCUT2D eigenvalue weighted by Gasteiger charge is 2.20. The van der Waals surface area contributed by atoms with Gasteiger partial charge in [0.05, 0.1) is 28.9 Å². The number of halogens is 1. The van der Waals surface area contributed by atoms with Crippen molar-refractivity contribution in [3.8, 4) is 5.75 Å². The maximum absolute atomic E-state index is 12.2. The number of hydrogen-bond donors (Lipinski definition) is 0. The molecule has 0 radical (unpaired) electrons. The van der Waals surface area contributed by atoms with Gasteiger partial charge in [0.1, 0.15) is 12.4 Å². The minimum absolute atomic E-state index is 0.180. The Morgan fingerprint density at radius 3 is 2.54 bits per heavy atom. The summed E-state index contributed by atoms with van der Waals surface area (Å²) in [5.74, 6) is -0.756. The lowest BCUT2D eigenvalue weighted by Gasteiger charge is -2.13. The Morgan fingerprint density at radius 2 is 1.79 bits per heavy atom. The van der Waals surface area contributed by atoms with E-state index in [1.165, 1.54) is 7.11 Å². The highest BCUT2D eigenvalue weighted by atomic mass is 35.5. The molecule has 0 bridgehead atoms. The molecule has 144 valence electrons. The number of carbonyl (C=O) groups is 2. The number of aryl methyl sites for hydroxylation is 1. The van der Waals surface area contributed by atoms with Crippen molar-refractivity contribution in [3.63, 3.8) is 0 Å². The second kappa shape index (κ2) is 8.71. The van der Waals surface area contributed by atoms with Crippen LogP contribution in [0.2, 0.25) is 5.02 Å². The average molecular weight is 400 g/mol. The summed E-state index contributed by atoms with van der Waals surface area (Å²) in [6.07, 6.45) is 0. The van der Waals surface area contributed by atoms with Crippen LogP contribution in [0.3, 0.4) is 0 Å². The molecule has 0 aliphatic rings. The van der Waals surface area contributed by atoms with Crippen LogP contribution < -0.4 is 4.74 Å². The molecule has 28 heavy (non-hydrogen) atoms. The standard InChI is InChI=1S/C21H18ClNO5/c1-13-14-7-3-5-9-16(14)23-17(20(13)21(25)26-2)11-28-19(24)12-27-18-10-6-4-8-15(18)22/h3-10H,11-12H2,1-2H3. The van der Waals surface area contributed by atoms with Crippen LogP contribution in [0.25, 0.3) is 10.9 Å². The third-order valence-electron chi connectivity index (χ3n) is 4.17. The van der Waals surface area contributed by atoms with Crippen molar-refractivity contribution >= 4 is 34.4 Å². The van der Waals surface area contributed by atoms with E-state index in [0.29, 0.717) is 27.5 Å². The van der Waals surface area contributed by atoms with Crippen LogP contribution in [0.1, 0.15) is 21.6 Å². The molecular weight excluding hydrogens is 382 g/mol. The van der Waals surface area contributed by atoms with Crippen molar-refractivity contribution in [2.24, 2.45) is 0 Å². The molecule has 0 saturated carbocycles. The number of pyridine rings is 1. The lowest BCUT2D eigenvalue weighted by molar-refractivity contribution is -0.147. The number of hydrogen-bond acceptors (Lipinski definition) is 6. The summed E-state index contributed by atoms with van der Waals surface area (Å²) >= 11 is 5.99. The summed E-state index contributed by atoms with van der Waals surface area (Å²) in [5.41, 5.74) is 2.04. The summed E-state index contributed by atoms with van der Waals surface area (Å²) in [6, 6.07) is 14.2. The number of nitrogens with zero attached hydrogens (tertiary/aromatic N) is 1. The molecule has 0 saturated heterocycles. The zero-order valence-corrected chi connectivity index (χ0v) is 16.2. The maximum Gasteiger partial charge on any atom is 0.344 e. The Bertz CT molecular complexity index is 1030. The fourth-order valence-corrected chi connectivity index (χ4v) is 3.00. The smallest absolute Gasteiger partial charge is 0.344 e. The number of benzene rings is 2. The number of esters is 2. The average Bonchev–Trinajstić information content (AvgIpc) is 2.71. The van der Waals surface area contributed by atoms with E-state index in [-0.39, 0.29) is 13.2 Å². The number of ether oxygens (including phenoxy) is 3. The third-order valence-corrected chi connectivity index (χ3v) is 4.48. The number of carbonyl (C=O) groups excluding carboxylic acids is 2. The van der Waals surface area contributed by atoms with Crippen LogP contribution in [0, 0.1) is 6.92 Å². The number of para-hydroxylation sites is 2. The first-order valence-corrected chi connectivity index (χ1v) is 8.88. The lowest BCUT2D eigenvalue weighted by atomic mass is 10.0. The van der Waals surface area contributed by atoms with Crippen molar-refractivity contribution in [1.82, 2.24) is 4.98 Å². The summed E-state index contributed by atoms with van der Waals surface area (Å²) in [4.78, 5) is 28.8. The molecule has 7 heteroatoms. The zero-order chi connectivity index (χ0) is 20.1. The van der Waals surface area contributed by atoms with Crippen molar-refractivity contribution in [2.45, 2.75) is 13.5 Å². The number of rotatable bonds is 6. The molecule has 0 fully saturated rings. The van der Waals surface area contributed by atoms with Gasteiger partial charge in [-0.15, -0.1) is 0 Å². The lowest BCUT2D eigenvalue weighted by Crippen LogP contribution is -2.17. The quantitative estimate of drug-likeness (QED) is 0.581. The van der Waals surface area contributed by atoms with Gasteiger partial charge in [0.2, 0.25) is 0 Å². The molecule has 0 N–H and O–H groups in total. The van der Waals surface area contributed by atoms with E-state index < -0.39 is 11.9 Å². The Morgan fingerprint density at radius 1 is 1.07 bits per heavy atom. The first kappa shape index (κ1) is 19.6. The molecule has 0 unspecified atom stereocenters. The summed E-state index contributed by atoms with van der Waals surface area (Å²) in [7, 11) is 1.30. The Labute approximate surface area is 167 Å². The minimum atomic E-state index is -0.608. The van der Waals surface area contributed by atoms with Gasteiger partial charge in [0, 0.05) is 5.39 Å². The van der Waals surface area contributed by atoms with Crippen molar-refractivity contribution in [1.29, 1.82) is 0 Å². The normalized spacial score (nSPS) is 10.5. The van der Waals surface area contributed by atoms with Crippen LogP contribution in [0.4, 0.5) is 0 Å². The number of aromatic nitrogens is 1. The van der Waals surface area contributed by atoms with Crippen molar-refractivity contribution < 1.29 is 23.8 Å². The Kier molecular flexibility index (Phi) is 6.11. The molecule has 0 aliphatic carbocycles. The predicted octanol–water partition coefficient (Wildman–Crippen LogP) is 4.11. The fourth-order valence-electron chi connectivity index (χ4n) is 2.81. The fraction of sp³-hybridized carbons (Fsp3) is 0.190. The molecular formula is C21H18ClNO5. The first-order chi connectivity index (χ1) is 13.5. The maximum atomic E-state index is 12.2. The van der Waals surface area contributed by atoms with E-state index in [9.17, 15) is 9.59 Å². The SMILES string of the molecule is COC(=O)c1c(COC(=O)COc2ccccc2Cl)nc2ccccc2c1C. The molecule has 3 rings (SSSR count). The van der Waals surface area contributed by atoms with E-state index in [1.54, 1.807) is 24.3 Å². The van der Waals surface area contributed by atoms with E-state index in [0.717, 1.165) is 10.9 Å². The summed E-state index contributed by atoms with van der Waals surface area (Å²) in [6.45, 7) is 1.31. The van der Waals surface area contributed by atoms with E-state index in [1.807, 2.05) is 31.2 Å². The molecule has 3 aromatic rings. The van der Waals surface area contributed by atoms with Gasteiger partial charge in [-0.3, -0.25) is 0 Å². The molecule has 2 aromatic carbocycles. The molecule has 0 amide bonds. The molecule has 1 aromatic heterocycles. The highest BCUT2D eigenvalue weighted by Crippen LogP contribution is 2.25. The second-order valence-electron chi connectivity index (χ2n) is 5.95. The van der Waals surface area contributed by atoms with Gasteiger partial charge >= 0.3 is 11.9 Å². The molecule has 0 spiro atoms. The predicted molar refractivity (Wildman–Crippen MR) is 105 cm³/mol. The first-order valence-electron chi connectivity index (χ1n) is 8.50. The van der Waals surface area contributed by atoms with Gasteiger partial charge in [-0.2, -0.15) is 0 Å². The summed E-state index contributed by atoms with van der Waals surface area (Å²) < 4.78 is 15.5. The minimum Gasteiger partial charge on any atom is -0.480 e. The molecule has 0 aliphatic heterocycles. The van der Waals surface area contributed by atoms with Gasteiger partial charge in [0.25, 0.3) is 0 Å². The van der Waals surface area contributed by atoms with Crippen LogP contribution in [-0.2, 0) is 20.9 Å². The number of fused-ring (bicyclic) bond motifs is 1. The topological polar surface area (TPSA) is 74.7 Å². The second-order valence-corrected chi connectivity index (χ2v) is 6.35.